The van der Waals surface area contributed by atoms with E-state index in [0.29, 0.717) is 44.3 Å². The Kier molecular flexibility index (Phi) is 20.7. The van der Waals surface area contributed by atoms with Gasteiger partial charge in [-0.15, -0.1) is 6.58 Å². The van der Waals surface area contributed by atoms with Crippen LogP contribution < -0.4 is 43.8 Å². The number of phenolic OH excluding ortho intramolecular Hbond substituents is 1. The van der Waals surface area contributed by atoms with Gasteiger partial charge in [0.1, 0.15) is 36.0 Å². The summed E-state index contributed by atoms with van der Waals surface area (Å²) >= 11 is 0. The number of unbranched alkanes of at least 4 members (excludes halogenated alkanes) is 2. The predicted molar refractivity (Wildman–Crippen MR) is 193 cm³/mol. The van der Waals surface area contributed by atoms with Gasteiger partial charge in [-0.3, -0.25) is 24.0 Å². The van der Waals surface area contributed by atoms with E-state index in [1.54, 1.807) is 12.1 Å². The number of benzene rings is 1. The number of carboxylic acid groups (broad SMARTS) is 1. The summed E-state index contributed by atoms with van der Waals surface area (Å²) < 4.78 is 0. The summed E-state index contributed by atoms with van der Waals surface area (Å²) in [4.78, 5) is 78.5. The molecule has 16 heteroatoms. The molecule has 0 radical (unpaired) electrons. The molecule has 0 aliphatic carbocycles. The van der Waals surface area contributed by atoms with Gasteiger partial charge in [0, 0.05) is 6.42 Å². The van der Waals surface area contributed by atoms with Gasteiger partial charge < -0.3 is 54.0 Å². The molecule has 1 aromatic carbocycles. The average Bonchev–Trinajstić information content (AvgIpc) is 3.07. The SMILES string of the molecule is C=CC[C@H](NC(=O)[C@H](CCCCN)NC(=O)[C@H](CCCCN)NC(=O)[C@H](C)N)C(=O)N[C@H](Cc1ccc(O)cc1)C(=O)N[C@H](CC(C)C)C(=O)O. The Labute approximate surface area is 300 Å². The molecule has 0 bridgehead atoms. The fraction of sp³-hybridized carbons (Fsp3) is 0.600. The van der Waals surface area contributed by atoms with Crippen LogP contribution >= 0.6 is 0 Å². The molecule has 5 amide bonds. The standard InChI is InChI=1S/C35H58N8O8/c1-5-10-25(31(46)42-28(20-23-13-15-24(44)16-14-23)34(49)43-29(35(50)51)19-21(2)3)40-33(48)27(12-7-9-18-37)41-32(47)26(11-6-8-17-36)39-30(45)22(4)38/h5,13-16,21-22,25-29,44H,1,6-12,17-20,36-38H2,2-4H3,(H,39,45)(H,40,48)(H,41,47)(H,42,46)(H,43,49)(H,50,51)/t22-,25-,26-,27-,28+,29+/m0/s1. The molecular formula is C35H58N8O8. The van der Waals surface area contributed by atoms with Gasteiger partial charge in [0.25, 0.3) is 0 Å². The van der Waals surface area contributed by atoms with Gasteiger partial charge in [-0.25, -0.2) is 4.79 Å². The number of amides is 5. The molecule has 13 N–H and O–H groups in total. The number of aliphatic carboxylic acids is 1. The van der Waals surface area contributed by atoms with Crippen molar-refractivity contribution in [2.24, 2.45) is 23.1 Å². The first-order valence-corrected chi connectivity index (χ1v) is 17.4. The molecule has 16 nitrogen and oxygen atoms in total. The van der Waals surface area contributed by atoms with E-state index in [2.05, 4.69) is 33.2 Å². The van der Waals surface area contributed by atoms with Gasteiger partial charge >= 0.3 is 5.97 Å². The van der Waals surface area contributed by atoms with Crippen molar-refractivity contribution in [3.05, 3.63) is 42.5 Å². The Morgan fingerprint density at radius 3 is 1.57 bits per heavy atom. The molecule has 0 aromatic heterocycles. The van der Waals surface area contributed by atoms with Crippen molar-refractivity contribution in [2.45, 2.75) is 115 Å². The molecular weight excluding hydrogens is 660 g/mol. The molecule has 286 valence electrons. The van der Waals surface area contributed by atoms with Gasteiger partial charge in [-0.05, 0) is 95.0 Å². The van der Waals surface area contributed by atoms with Crippen LogP contribution in [0.4, 0.5) is 0 Å². The molecule has 0 fully saturated rings. The van der Waals surface area contributed by atoms with Crippen molar-refractivity contribution in [1.29, 1.82) is 0 Å². The van der Waals surface area contributed by atoms with Crippen LogP contribution in [-0.2, 0) is 35.2 Å². The third-order valence-electron chi connectivity index (χ3n) is 7.94. The lowest BCUT2D eigenvalue weighted by Crippen LogP contribution is -2.59. The largest absolute Gasteiger partial charge is 0.508 e. The lowest BCUT2D eigenvalue weighted by Gasteiger charge is -2.27. The monoisotopic (exact) mass is 718 g/mol. The predicted octanol–water partition coefficient (Wildman–Crippen LogP) is -0.329. The molecule has 0 saturated carbocycles. The van der Waals surface area contributed by atoms with Gasteiger partial charge in [0.15, 0.2) is 0 Å². The second-order valence-electron chi connectivity index (χ2n) is 13.0. The number of carbonyl (C=O) groups is 6. The van der Waals surface area contributed by atoms with E-state index in [1.165, 1.54) is 25.1 Å². The topological polar surface area (TPSA) is 281 Å². The van der Waals surface area contributed by atoms with Gasteiger partial charge in [-0.1, -0.05) is 32.1 Å². The Morgan fingerprint density at radius 1 is 0.686 bits per heavy atom. The molecule has 0 heterocycles. The van der Waals surface area contributed by atoms with Crippen LogP contribution in [-0.4, -0.2) is 95.1 Å². The van der Waals surface area contributed by atoms with Gasteiger partial charge in [0.05, 0.1) is 6.04 Å². The quantitative estimate of drug-likeness (QED) is 0.0462. The summed E-state index contributed by atoms with van der Waals surface area (Å²) in [5.74, 6) is -4.65. The van der Waals surface area contributed by atoms with E-state index < -0.39 is 71.8 Å². The van der Waals surface area contributed by atoms with Crippen LogP contribution in [0.2, 0.25) is 0 Å². The van der Waals surface area contributed by atoms with Crippen molar-refractivity contribution in [3.63, 3.8) is 0 Å². The normalized spacial score (nSPS) is 14.6. The maximum absolute atomic E-state index is 13.7. The molecule has 0 aliphatic heterocycles. The van der Waals surface area contributed by atoms with Crippen LogP contribution in [0.25, 0.3) is 0 Å². The molecule has 51 heavy (non-hydrogen) atoms. The number of nitrogens with one attached hydrogen (secondary N) is 5. The van der Waals surface area contributed by atoms with E-state index in [-0.39, 0.29) is 43.8 Å². The molecule has 1 aromatic rings. The number of hydrogen-bond donors (Lipinski definition) is 10. The summed E-state index contributed by atoms with van der Waals surface area (Å²) in [6, 6.07) is -0.744. The maximum Gasteiger partial charge on any atom is 0.326 e. The van der Waals surface area contributed by atoms with Crippen molar-refractivity contribution in [3.8, 4) is 5.75 Å². The zero-order valence-corrected chi connectivity index (χ0v) is 30.0. The van der Waals surface area contributed by atoms with E-state index in [0.717, 1.165) is 0 Å². The highest BCUT2D eigenvalue weighted by Crippen LogP contribution is 2.13. The molecule has 0 saturated heterocycles. The number of carbonyl (C=O) groups excluding carboxylic acids is 5. The smallest absolute Gasteiger partial charge is 0.326 e. The van der Waals surface area contributed by atoms with E-state index in [1.807, 2.05) is 13.8 Å². The molecule has 1 rings (SSSR count). The Bertz CT molecular complexity index is 1290. The van der Waals surface area contributed by atoms with Crippen LogP contribution in [0.1, 0.15) is 77.7 Å². The van der Waals surface area contributed by atoms with Crippen LogP contribution in [0.15, 0.2) is 36.9 Å². The zero-order valence-electron chi connectivity index (χ0n) is 30.0. The summed E-state index contributed by atoms with van der Waals surface area (Å²) in [5.41, 5.74) is 17.5. The van der Waals surface area contributed by atoms with Gasteiger partial charge in [-0.2, -0.15) is 0 Å². The zero-order chi connectivity index (χ0) is 38.5. The summed E-state index contributed by atoms with van der Waals surface area (Å²) in [6.07, 6.45) is 4.03. The number of aromatic hydroxyl groups is 1. The lowest BCUT2D eigenvalue weighted by atomic mass is 10.0. The number of rotatable bonds is 25. The summed E-state index contributed by atoms with van der Waals surface area (Å²) in [6.45, 7) is 9.52. The number of carboxylic acids is 1. The first-order valence-electron chi connectivity index (χ1n) is 17.4. The molecule has 0 unspecified atom stereocenters. The van der Waals surface area contributed by atoms with Crippen molar-refractivity contribution >= 4 is 35.5 Å². The minimum absolute atomic E-state index is 0.00766. The minimum Gasteiger partial charge on any atom is -0.508 e. The summed E-state index contributed by atoms with van der Waals surface area (Å²) in [5, 5.41) is 32.5. The van der Waals surface area contributed by atoms with Gasteiger partial charge in [0.2, 0.25) is 29.5 Å². The molecule has 0 spiro atoms. The Hall–Kier alpha value is -4.54. The fourth-order valence-electron chi connectivity index (χ4n) is 5.08. The highest BCUT2D eigenvalue weighted by molar-refractivity contribution is 5.96. The maximum atomic E-state index is 13.7. The summed E-state index contributed by atoms with van der Waals surface area (Å²) in [7, 11) is 0. The number of nitrogens with two attached hydrogens (primary N) is 3. The third-order valence-corrected chi connectivity index (χ3v) is 7.94. The number of phenols is 1. The fourth-order valence-corrected chi connectivity index (χ4v) is 5.08. The van der Waals surface area contributed by atoms with E-state index in [4.69, 9.17) is 17.2 Å². The second kappa shape index (κ2) is 23.8. The van der Waals surface area contributed by atoms with Crippen LogP contribution in [0, 0.1) is 5.92 Å². The van der Waals surface area contributed by atoms with Crippen molar-refractivity contribution in [1.82, 2.24) is 26.6 Å². The van der Waals surface area contributed by atoms with Crippen molar-refractivity contribution < 1.29 is 39.0 Å². The van der Waals surface area contributed by atoms with E-state index >= 15 is 0 Å². The Balaban J connectivity index is 3.29. The Morgan fingerprint density at radius 2 is 1.12 bits per heavy atom. The minimum atomic E-state index is -1.26. The second-order valence-corrected chi connectivity index (χ2v) is 13.0. The number of hydrogen-bond acceptors (Lipinski definition) is 10. The van der Waals surface area contributed by atoms with Crippen molar-refractivity contribution in [2.75, 3.05) is 13.1 Å². The highest BCUT2D eigenvalue weighted by Gasteiger charge is 2.32. The van der Waals surface area contributed by atoms with Crippen LogP contribution in [0.3, 0.4) is 0 Å². The first-order chi connectivity index (χ1) is 24.1. The third kappa shape index (κ3) is 17.3. The molecule has 0 aliphatic rings. The van der Waals surface area contributed by atoms with Crippen LogP contribution in [0.5, 0.6) is 5.75 Å². The average molecular weight is 719 g/mol. The first kappa shape index (κ1) is 44.5. The van der Waals surface area contributed by atoms with E-state index in [9.17, 15) is 39.0 Å². The highest BCUT2D eigenvalue weighted by atomic mass is 16.4. The molecule has 6 atom stereocenters. The lowest BCUT2D eigenvalue weighted by molar-refractivity contribution is -0.142.